The Morgan fingerprint density at radius 1 is 1.21 bits per heavy atom. The van der Waals surface area contributed by atoms with Gasteiger partial charge in [-0.2, -0.15) is 0 Å². The second kappa shape index (κ2) is 8.23. The van der Waals surface area contributed by atoms with Crippen LogP contribution in [0.3, 0.4) is 0 Å². The first-order chi connectivity index (χ1) is 11.3. The Hall–Kier alpha value is -1.24. The van der Waals surface area contributed by atoms with Gasteiger partial charge in [0.15, 0.2) is 0 Å². The summed E-state index contributed by atoms with van der Waals surface area (Å²) in [6, 6.07) is 10.2. The van der Waals surface area contributed by atoms with Gasteiger partial charge in [-0.05, 0) is 88.1 Å². The van der Waals surface area contributed by atoms with Gasteiger partial charge in [-0.15, -0.1) is 0 Å². The Kier molecular flexibility index (Phi) is 6.54. The molecule has 0 saturated carbocycles. The molecule has 0 radical (unpaired) electrons. The maximum Gasteiger partial charge on any atom is 0.238 e. The Labute approximate surface area is 158 Å². The first kappa shape index (κ1) is 19.1. The highest BCUT2D eigenvalue weighted by atomic mass is 79.9. The number of anilines is 1. The molecular formula is C18H19Br2FN2O. The van der Waals surface area contributed by atoms with Crippen LogP contribution in [0.2, 0.25) is 0 Å². The molecule has 6 heteroatoms. The number of carbonyl (C=O) groups excluding carboxylic acids is 1. The highest BCUT2D eigenvalue weighted by Crippen LogP contribution is 2.32. The number of aryl methyl sites for hydroxylation is 1. The van der Waals surface area contributed by atoms with Crippen LogP contribution in [0, 0.1) is 12.7 Å². The van der Waals surface area contributed by atoms with Crippen LogP contribution in [0.15, 0.2) is 45.3 Å². The van der Waals surface area contributed by atoms with Crippen LogP contribution < -0.4 is 5.32 Å². The molecule has 1 unspecified atom stereocenters. The molecule has 0 heterocycles. The molecule has 1 atom stereocenters. The first-order valence-electron chi connectivity index (χ1n) is 7.49. The number of halogens is 3. The summed E-state index contributed by atoms with van der Waals surface area (Å²) in [6.45, 7) is 4.20. The molecule has 2 aromatic carbocycles. The summed E-state index contributed by atoms with van der Waals surface area (Å²) in [6.07, 6.45) is 0. The van der Waals surface area contributed by atoms with Crippen molar-refractivity contribution in [2.24, 2.45) is 0 Å². The number of rotatable bonds is 5. The first-order valence-corrected chi connectivity index (χ1v) is 9.07. The van der Waals surface area contributed by atoms with Gasteiger partial charge in [0.05, 0.1) is 12.2 Å². The van der Waals surface area contributed by atoms with E-state index in [0.717, 1.165) is 20.1 Å². The van der Waals surface area contributed by atoms with Crippen molar-refractivity contribution >= 4 is 43.5 Å². The third-order valence-electron chi connectivity index (χ3n) is 3.86. The van der Waals surface area contributed by atoms with Crippen LogP contribution in [0.5, 0.6) is 0 Å². The van der Waals surface area contributed by atoms with Crippen molar-refractivity contribution < 1.29 is 9.18 Å². The van der Waals surface area contributed by atoms with Gasteiger partial charge in [0.2, 0.25) is 5.91 Å². The summed E-state index contributed by atoms with van der Waals surface area (Å²) in [7, 11) is 1.87. The summed E-state index contributed by atoms with van der Waals surface area (Å²) in [5.41, 5.74) is 2.77. The van der Waals surface area contributed by atoms with Gasteiger partial charge in [-0.3, -0.25) is 9.69 Å². The molecule has 0 saturated heterocycles. The standard InChI is InChI=1S/C18H19Br2FN2O/c1-11-8-15(19)18(16(20)9-11)22-17(24)10-23(3)12(2)13-4-6-14(21)7-5-13/h4-9,12H,10H2,1-3H3,(H,22,24). The number of nitrogens with one attached hydrogen (secondary N) is 1. The summed E-state index contributed by atoms with van der Waals surface area (Å²) in [5.74, 6) is -0.378. The minimum atomic E-state index is -0.264. The lowest BCUT2D eigenvalue weighted by Gasteiger charge is -2.24. The summed E-state index contributed by atoms with van der Waals surface area (Å²) >= 11 is 6.94. The number of carbonyl (C=O) groups is 1. The molecule has 1 amide bonds. The van der Waals surface area contributed by atoms with Crippen LogP contribution in [0.25, 0.3) is 0 Å². The van der Waals surface area contributed by atoms with E-state index in [1.54, 1.807) is 12.1 Å². The normalized spacial score (nSPS) is 12.3. The summed E-state index contributed by atoms with van der Waals surface area (Å²) in [4.78, 5) is 14.3. The predicted octanol–water partition coefficient (Wildman–Crippen LogP) is 5.29. The molecule has 2 aromatic rings. The zero-order chi connectivity index (χ0) is 17.9. The lowest BCUT2D eigenvalue weighted by Crippen LogP contribution is -2.32. The van der Waals surface area contributed by atoms with Gasteiger partial charge in [-0.25, -0.2) is 4.39 Å². The molecule has 128 valence electrons. The van der Waals surface area contributed by atoms with Crippen molar-refractivity contribution in [1.29, 1.82) is 0 Å². The maximum absolute atomic E-state index is 13.0. The van der Waals surface area contributed by atoms with Gasteiger partial charge < -0.3 is 5.32 Å². The number of hydrogen-bond donors (Lipinski definition) is 1. The van der Waals surface area contributed by atoms with Crippen molar-refractivity contribution in [2.75, 3.05) is 18.9 Å². The van der Waals surface area contributed by atoms with E-state index in [1.165, 1.54) is 12.1 Å². The monoisotopic (exact) mass is 456 g/mol. The predicted molar refractivity (Wildman–Crippen MR) is 103 cm³/mol. The molecule has 0 aromatic heterocycles. The molecule has 0 aliphatic heterocycles. The fourth-order valence-electron chi connectivity index (χ4n) is 2.36. The van der Waals surface area contributed by atoms with Crippen LogP contribution in [0.1, 0.15) is 24.1 Å². The Morgan fingerprint density at radius 3 is 2.29 bits per heavy atom. The Morgan fingerprint density at radius 2 is 1.75 bits per heavy atom. The summed E-state index contributed by atoms with van der Waals surface area (Å²) < 4.78 is 14.7. The third-order valence-corrected chi connectivity index (χ3v) is 5.11. The van der Waals surface area contributed by atoms with E-state index in [0.29, 0.717) is 5.69 Å². The van der Waals surface area contributed by atoms with E-state index in [9.17, 15) is 9.18 Å². The Balaban J connectivity index is 2.03. The topological polar surface area (TPSA) is 32.3 Å². The van der Waals surface area contributed by atoms with E-state index in [-0.39, 0.29) is 24.3 Å². The lowest BCUT2D eigenvalue weighted by atomic mass is 10.1. The van der Waals surface area contributed by atoms with Gasteiger partial charge in [0.25, 0.3) is 0 Å². The number of nitrogens with zero attached hydrogens (tertiary/aromatic N) is 1. The van der Waals surface area contributed by atoms with Crippen LogP contribution in [0.4, 0.5) is 10.1 Å². The molecule has 24 heavy (non-hydrogen) atoms. The fraction of sp³-hybridized carbons (Fsp3) is 0.278. The quantitative estimate of drug-likeness (QED) is 0.661. The van der Waals surface area contributed by atoms with Crippen molar-refractivity contribution in [3.05, 3.63) is 62.3 Å². The smallest absolute Gasteiger partial charge is 0.238 e. The van der Waals surface area contributed by atoms with E-state index in [4.69, 9.17) is 0 Å². The average molecular weight is 458 g/mol. The third kappa shape index (κ3) is 4.88. The molecule has 0 aliphatic rings. The van der Waals surface area contributed by atoms with Crippen molar-refractivity contribution in [2.45, 2.75) is 19.9 Å². The lowest BCUT2D eigenvalue weighted by molar-refractivity contribution is -0.117. The molecular weight excluding hydrogens is 439 g/mol. The van der Waals surface area contributed by atoms with E-state index < -0.39 is 0 Å². The average Bonchev–Trinajstić information content (AvgIpc) is 2.50. The summed E-state index contributed by atoms with van der Waals surface area (Å²) in [5, 5.41) is 2.92. The van der Waals surface area contributed by atoms with Crippen LogP contribution >= 0.6 is 31.9 Å². The molecule has 0 bridgehead atoms. The zero-order valence-electron chi connectivity index (χ0n) is 13.7. The minimum absolute atomic E-state index is 0.00116. The van der Waals surface area contributed by atoms with Gasteiger partial charge in [0.1, 0.15) is 5.82 Å². The molecule has 1 N–H and O–H groups in total. The molecule has 3 nitrogen and oxygen atoms in total. The highest BCUT2D eigenvalue weighted by molar-refractivity contribution is 9.11. The minimum Gasteiger partial charge on any atom is -0.323 e. The van der Waals surface area contributed by atoms with Crippen molar-refractivity contribution in [1.82, 2.24) is 4.90 Å². The largest absolute Gasteiger partial charge is 0.323 e. The van der Waals surface area contributed by atoms with E-state index >= 15 is 0 Å². The molecule has 0 spiro atoms. The molecule has 2 rings (SSSR count). The zero-order valence-corrected chi connectivity index (χ0v) is 16.9. The second-order valence-corrected chi connectivity index (χ2v) is 7.50. The van der Waals surface area contributed by atoms with E-state index in [2.05, 4.69) is 37.2 Å². The number of likely N-dealkylation sites (N-methyl/N-ethyl adjacent to an activating group) is 1. The highest BCUT2D eigenvalue weighted by Gasteiger charge is 2.16. The maximum atomic E-state index is 13.0. The SMILES string of the molecule is Cc1cc(Br)c(NC(=O)CN(C)C(C)c2ccc(F)cc2)c(Br)c1. The van der Waals surface area contributed by atoms with Gasteiger partial charge >= 0.3 is 0 Å². The Bertz CT molecular complexity index is 711. The number of amides is 1. The molecule has 0 fully saturated rings. The fourth-order valence-corrected chi connectivity index (χ4v) is 3.97. The molecule has 0 aliphatic carbocycles. The number of hydrogen-bond acceptors (Lipinski definition) is 2. The van der Waals surface area contributed by atoms with Crippen LogP contribution in [-0.2, 0) is 4.79 Å². The number of benzene rings is 2. The van der Waals surface area contributed by atoms with Crippen LogP contribution in [-0.4, -0.2) is 24.4 Å². The van der Waals surface area contributed by atoms with Crippen molar-refractivity contribution in [3.63, 3.8) is 0 Å². The van der Waals surface area contributed by atoms with E-state index in [1.807, 2.05) is 37.9 Å². The van der Waals surface area contributed by atoms with Gasteiger partial charge in [-0.1, -0.05) is 12.1 Å². The van der Waals surface area contributed by atoms with Gasteiger partial charge in [0, 0.05) is 15.0 Å². The second-order valence-electron chi connectivity index (χ2n) is 5.79. The van der Waals surface area contributed by atoms with Crippen molar-refractivity contribution in [3.8, 4) is 0 Å².